The van der Waals surface area contributed by atoms with Crippen LogP contribution >= 0.6 is 0 Å². The molecule has 11 heteroatoms. The molecule has 0 atom stereocenters. The maximum absolute atomic E-state index is 11.9. The van der Waals surface area contributed by atoms with E-state index < -0.39 is 21.9 Å². The molecule has 1 aromatic heterocycles. The molecule has 0 aliphatic carbocycles. The zero-order valence-electron chi connectivity index (χ0n) is 17.6. The summed E-state index contributed by atoms with van der Waals surface area (Å²) in [5.74, 6) is -0.376. The molecule has 0 spiro atoms. The van der Waals surface area contributed by atoms with Crippen LogP contribution in [0.15, 0.2) is 36.5 Å². The van der Waals surface area contributed by atoms with Crippen LogP contribution in [0.1, 0.15) is 29.8 Å². The summed E-state index contributed by atoms with van der Waals surface area (Å²) in [6, 6.07) is 8.39. The number of benzene rings is 1. The highest BCUT2D eigenvalue weighted by atomic mass is 32.2. The molecular weight excluding hydrogens is 426 g/mol. The lowest BCUT2D eigenvalue weighted by Gasteiger charge is -2.12. The number of carbonyl (C=O) groups excluding carboxylic acids is 1. The van der Waals surface area contributed by atoms with Crippen LogP contribution in [0.5, 0.6) is 17.4 Å². The Labute approximate surface area is 181 Å². The molecule has 0 aliphatic rings. The first-order valence-electron chi connectivity index (χ1n) is 9.54. The van der Waals surface area contributed by atoms with E-state index in [-0.39, 0.29) is 17.5 Å². The van der Waals surface area contributed by atoms with E-state index in [1.807, 2.05) is 26.0 Å². The quantitative estimate of drug-likeness (QED) is 0.325. The van der Waals surface area contributed by atoms with Crippen LogP contribution in [0.3, 0.4) is 0 Å². The van der Waals surface area contributed by atoms with Crippen LogP contribution in [0.2, 0.25) is 0 Å². The van der Waals surface area contributed by atoms with Crippen molar-refractivity contribution in [3.05, 3.63) is 47.7 Å². The van der Waals surface area contributed by atoms with E-state index in [1.54, 1.807) is 6.07 Å². The van der Waals surface area contributed by atoms with Crippen molar-refractivity contribution < 1.29 is 32.0 Å². The van der Waals surface area contributed by atoms with Gasteiger partial charge in [0.25, 0.3) is 16.0 Å². The summed E-state index contributed by atoms with van der Waals surface area (Å²) in [6.07, 6.45) is 1.44. The van der Waals surface area contributed by atoms with Gasteiger partial charge in [0.2, 0.25) is 5.88 Å². The number of hydrogen-bond donors (Lipinski definition) is 3. The van der Waals surface area contributed by atoms with Crippen molar-refractivity contribution in [2.45, 2.75) is 26.5 Å². The van der Waals surface area contributed by atoms with Crippen molar-refractivity contribution in [2.75, 3.05) is 26.1 Å². The molecule has 0 aliphatic heterocycles. The van der Waals surface area contributed by atoms with Gasteiger partial charge in [0, 0.05) is 25.4 Å². The van der Waals surface area contributed by atoms with E-state index in [4.69, 9.17) is 18.8 Å². The number of nitrogens with zero attached hydrogens (tertiary/aromatic N) is 1. The zero-order valence-corrected chi connectivity index (χ0v) is 18.4. The van der Waals surface area contributed by atoms with Gasteiger partial charge in [-0.1, -0.05) is 6.07 Å². The molecule has 0 radical (unpaired) electrons. The minimum atomic E-state index is -4.30. The van der Waals surface area contributed by atoms with Gasteiger partial charge in [-0.05, 0) is 37.6 Å². The molecule has 1 aromatic carbocycles. The maximum Gasteiger partial charge on any atom is 0.283 e. The minimum absolute atomic E-state index is 0.117. The second-order valence-electron chi connectivity index (χ2n) is 6.80. The topological polar surface area (TPSA) is 136 Å². The highest BCUT2D eigenvalue weighted by Gasteiger charge is 2.12. The van der Waals surface area contributed by atoms with Crippen molar-refractivity contribution in [3.8, 4) is 17.4 Å². The van der Waals surface area contributed by atoms with E-state index in [0.717, 1.165) is 12.1 Å². The molecule has 0 fully saturated rings. The second-order valence-corrected chi connectivity index (χ2v) is 8.25. The smallest absolute Gasteiger partial charge is 0.283 e. The number of ether oxygens (including phenoxy) is 3. The number of amides is 1. The van der Waals surface area contributed by atoms with Gasteiger partial charge >= 0.3 is 0 Å². The lowest BCUT2D eigenvalue weighted by Crippen LogP contribution is -2.29. The van der Waals surface area contributed by atoms with Gasteiger partial charge in [-0.25, -0.2) is 4.98 Å². The van der Waals surface area contributed by atoms with E-state index in [9.17, 15) is 13.2 Å². The van der Waals surface area contributed by atoms with Crippen LogP contribution in [0, 0.1) is 0 Å². The first-order valence-corrected chi connectivity index (χ1v) is 11.2. The summed E-state index contributed by atoms with van der Waals surface area (Å²) in [5.41, 5.74) is 1.12. The lowest BCUT2D eigenvalue weighted by molar-refractivity contribution is 0.0807. The van der Waals surface area contributed by atoms with Gasteiger partial charge in [0.1, 0.15) is 5.88 Å². The van der Waals surface area contributed by atoms with E-state index >= 15 is 0 Å². The Morgan fingerprint density at radius 1 is 1.19 bits per heavy atom. The number of hydrogen-bond acceptors (Lipinski definition) is 8. The van der Waals surface area contributed by atoms with Crippen molar-refractivity contribution in [1.82, 2.24) is 15.6 Å². The molecule has 31 heavy (non-hydrogen) atoms. The maximum atomic E-state index is 11.9. The standard InChI is InChI=1S/C20H27N3O7S/c1-14(2)29-9-8-21-11-15-4-6-17(18(10-15)28-3)30-19-7-5-16(12-22-19)20(24)23-13-31(25,26)27/h4-7,10,12,14,21H,8-9,11,13H2,1-3H3,(H,23,24)(H,25,26,27). The second kappa shape index (κ2) is 11.6. The van der Waals surface area contributed by atoms with Crippen molar-refractivity contribution in [2.24, 2.45) is 0 Å². The first-order chi connectivity index (χ1) is 14.7. The Balaban J connectivity index is 1.95. The average Bonchev–Trinajstić information content (AvgIpc) is 2.72. The summed E-state index contributed by atoms with van der Waals surface area (Å²) in [6.45, 7) is 5.98. The van der Waals surface area contributed by atoms with E-state index in [2.05, 4.69) is 15.6 Å². The largest absolute Gasteiger partial charge is 0.493 e. The van der Waals surface area contributed by atoms with E-state index in [1.165, 1.54) is 25.4 Å². The van der Waals surface area contributed by atoms with Gasteiger partial charge in [0.15, 0.2) is 11.5 Å². The molecule has 0 saturated carbocycles. The minimum Gasteiger partial charge on any atom is -0.493 e. The Hall–Kier alpha value is -2.73. The summed E-state index contributed by atoms with van der Waals surface area (Å²) >= 11 is 0. The van der Waals surface area contributed by atoms with Gasteiger partial charge in [-0.15, -0.1) is 0 Å². The summed E-state index contributed by atoms with van der Waals surface area (Å²) in [5, 5.41) is 5.36. The number of aromatic nitrogens is 1. The van der Waals surface area contributed by atoms with Gasteiger partial charge in [-0.3, -0.25) is 9.35 Å². The summed E-state index contributed by atoms with van der Waals surface area (Å²) in [4.78, 5) is 15.9. The number of rotatable bonds is 12. The molecule has 2 rings (SSSR count). The zero-order chi connectivity index (χ0) is 22.9. The third-order valence-electron chi connectivity index (χ3n) is 3.92. The fraction of sp³-hybridized carbons (Fsp3) is 0.400. The predicted octanol–water partition coefficient (Wildman–Crippen LogP) is 1.97. The predicted molar refractivity (Wildman–Crippen MR) is 114 cm³/mol. The third-order valence-corrected chi connectivity index (χ3v) is 4.42. The Kier molecular flexibility index (Phi) is 9.19. The normalized spacial score (nSPS) is 11.4. The Bertz CT molecular complexity index is 963. The summed E-state index contributed by atoms with van der Waals surface area (Å²) in [7, 11) is -2.77. The highest BCUT2D eigenvalue weighted by Crippen LogP contribution is 2.31. The Morgan fingerprint density at radius 3 is 2.58 bits per heavy atom. The highest BCUT2D eigenvalue weighted by molar-refractivity contribution is 7.85. The molecule has 0 saturated heterocycles. The molecule has 10 nitrogen and oxygen atoms in total. The Morgan fingerprint density at radius 2 is 1.97 bits per heavy atom. The van der Waals surface area contributed by atoms with Crippen molar-refractivity contribution in [3.63, 3.8) is 0 Å². The van der Waals surface area contributed by atoms with Crippen LogP contribution < -0.4 is 20.1 Å². The third kappa shape index (κ3) is 8.89. The average molecular weight is 454 g/mol. The number of methoxy groups -OCH3 is 1. The van der Waals surface area contributed by atoms with Gasteiger partial charge in [0.05, 0.1) is 25.4 Å². The van der Waals surface area contributed by atoms with Gasteiger partial charge in [-0.2, -0.15) is 8.42 Å². The van der Waals surface area contributed by atoms with Gasteiger partial charge < -0.3 is 24.8 Å². The lowest BCUT2D eigenvalue weighted by atomic mass is 10.2. The SMILES string of the molecule is COc1cc(CNCCOC(C)C)ccc1Oc1ccc(C(=O)NCS(=O)(=O)O)cn1. The number of pyridine rings is 1. The molecule has 1 heterocycles. The molecule has 1 amide bonds. The monoisotopic (exact) mass is 453 g/mol. The number of nitrogens with one attached hydrogen (secondary N) is 2. The number of carbonyl (C=O) groups is 1. The summed E-state index contributed by atoms with van der Waals surface area (Å²) < 4.78 is 46.7. The van der Waals surface area contributed by atoms with E-state index in [0.29, 0.717) is 24.7 Å². The molecule has 3 N–H and O–H groups in total. The van der Waals surface area contributed by atoms with Crippen molar-refractivity contribution in [1.29, 1.82) is 0 Å². The fourth-order valence-corrected chi connectivity index (χ4v) is 2.77. The van der Waals surface area contributed by atoms with Crippen LogP contribution in [0.25, 0.3) is 0 Å². The van der Waals surface area contributed by atoms with Crippen LogP contribution in [0.4, 0.5) is 0 Å². The molecule has 2 aromatic rings. The molecule has 0 unspecified atom stereocenters. The first kappa shape index (κ1) is 24.5. The fourth-order valence-electron chi connectivity index (χ4n) is 2.45. The van der Waals surface area contributed by atoms with Crippen LogP contribution in [-0.2, 0) is 21.4 Å². The molecule has 0 bridgehead atoms. The molecule has 170 valence electrons. The van der Waals surface area contributed by atoms with Crippen LogP contribution in [-0.4, -0.2) is 56.1 Å². The molecular formula is C20H27N3O7S. The van der Waals surface area contributed by atoms with Crippen molar-refractivity contribution >= 4 is 16.0 Å².